The van der Waals surface area contributed by atoms with Crippen LogP contribution < -0.4 is 4.74 Å². The quantitative estimate of drug-likeness (QED) is 0.842. The molecule has 0 aromatic carbocycles. The van der Waals surface area contributed by atoms with Gasteiger partial charge in [0, 0.05) is 18.3 Å². The van der Waals surface area contributed by atoms with E-state index in [4.69, 9.17) is 4.74 Å². The van der Waals surface area contributed by atoms with Crippen LogP contribution in [0.15, 0.2) is 18.2 Å². The summed E-state index contributed by atoms with van der Waals surface area (Å²) in [5, 5.41) is -0.386. The first-order valence-corrected chi connectivity index (χ1v) is 7.99. The predicted octanol–water partition coefficient (Wildman–Crippen LogP) is 1.58. The molecule has 19 heavy (non-hydrogen) atoms. The molecular weight excluding hydrogens is 264 g/mol. The van der Waals surface area contributed by atoms with Gasteiger partial charge in [-0.2, -0.15) is 4.31 Å². The Balaban J connectivity index is 2.00. The monoisotopic (exact) mass is 284 g/mol. The van der Waals surface area contributed by atoms with Crippen molar-refractivity contribution in [3.05, 3.63) is 23.9 Å². The minimum absolute atomic E-state index is 0.108. The van der Waals surface area contributed by atoms with Gasteiger partial charge in [0.25, 0.3) is 0 Å². The average Bonchev–Trinajstić information content (AvgIpc) is 2.78. The summed E-state index contributed by atoms with van der Waals surface area (Å²) in [5.74, 6) is 0.564. The lowest BCUT2D eigenvalue weighted by Crippen LogP contribution is -2.35. The number of nitrogens with zero attached hydrogens (tertiary/aromatic N) is 2. The van der Waals surface area contributed by atoms with Crippen LogP contribution in [0.1, 0.15) is 26.0 Å². The van der Waals surface area contributed by atoms with E-state index < -0.39 is 10.0 Å². The van der Waals surface area contributed by atoms with Crippen molar-refractivity contribution in [3.63, 3.8) is 0 Å². The van der Waals surface area contributed by atoms with E-state index in [0.29, 0.717) is 25.4 Å². The molecular formula is C13H20N2O3S. The molecule has 0 bridgehead atoms. The van der Waals surface area contributed by atoms with Crippen LogP contribution >= 0.6 is 0 Å². The van der Waals surface area contributed by atoms with E-state index in [2.05, 4.69) is 4.98 Å². The molecule has 1 unspecified atom stereocenters. The van der Waals surface area contributed by atoms with Gasteiger partial charge in [-0.1, -0.05) is 6.07 Å². The summed E-state index contributed by atoms with van der Waals surface area (Å²) < 4.78 is 31.3. The molecule has 1 aliphatic rings. The molecule has 0 spiro atoms. The first kappa shape index (κ1) is 14.3. The highest BCUT2D eigenvalue weighted by molar-refractivity contribution is 7.89. The molecule has 5 nitrogen and oxygen atoms in total. The molecule has 0 aliphatic carbocycles. The number of aryl methyl sites for hydroxylation is 1. The minimum atomic E-state index is -3.18. The summed E-state index contributed by atoms with van der Waals surface area (Å²) >= 11 is 0. The van der Waals surface area contributed by atoms with Gasteiger partial charge in [0.05, 0.1) is 11.8 Å². The summed E-state index contributed by atoms with van der Waals surface area (Å²) in [6.07, 6.45) is 0.601. The van der Waals surface area contributed by atoms with Crippen molar-refractivity contribution < 1.29 is 13.2 Å². The van der Waals surface area contributed by atoms with Gasteiger partial charge >= 0.3 is 0 Å². The molecule has 2 heterocycles. The van der Waals surface area contributed by atoms with E-state index in [1.807, 2.05) is 19.1 Å². The molecule has 0 N–H and O–H groups in total. The fraction of sp³-hybridized carbons (Fsp3) is 0.615. The Morgan fingerprint density at radius 3 is 2.79 bits per heavy atom. The van der Waals surface area contributed by atoms with Gasteiger partial charge in [-0.25, -0.2) is 13.4 Å². The van der Waals surface area contributed by atoms with Crippen LogP contribution in [-0.4, -0.2) is 42.2 Å². The summed E-state index contributed by atoms with van der Waals surface area (Å²) in [6.45, 7) is 6.24. The first-order valence-electron chi connectivity index (χ1n) is 6.49. The second kappa shape index (κ2) is 5.46. The van der Waals surface area contributed by atoms with Crippen LogP contribution in [-0.2, 0) is 10.0 Å². The fourth-order valence-electron chi connectivity index (χ4n) is 2.08. The third-order valence-electron chi connectivity index (χ3n) is 3.21. The van der Waals surface area contributed by atoms with Crippen LogP contribution in [0.2, 0.25) is 0 Å². The second-order valence-electron chi connectivity index (χ2n) is 5.10. The number of aromatic nitrogens is 1. The molecule has 0 radical (unpaired) electrons. The molecule has 2 rings (SSSR count). The smallest absolute Gasteiger partial charge is 0.216 e. The second-order valence-corrected chi connectivity index (χ2v) is 7.59. The van der Waals surface area contributed by atoms with Gasteiger partial charge in [-0.05, 0) is 33.3 Å². The maximum absolute atomic E-state index is 12.0. The van der Waals surface area contributed by atoms with E-state index in [-0.39, 0.29) is 11.4 Å². The van der Waals surface area contributed by atoms with Crippen LogP contribution in [0, 0.1) is 6.92 Å². The van der Waals surface area contributed by atoms with Gasteiger partial charge in [-0.15, -0.1) is 0 Å². The largest absolute Gasteiger partial charge is 0.473 e. The van der Waals surface area contributed by atoms with Crippen molar-refractivity contribution in [1.29, 1.82) is 0 Å². The lowest BCUT2D eigenvalue weighted by Gasteiger charge is -2.19. The van der Waals surface area contributed by atoms with Crippen LogP contribution in [0.4, 0.5) is 0 Å². The molecule has 1 atom stereocenters. The van der Waals surface area contributed by atoms with Crippen LogP contribution in [0.5, 0.6) is 5.88 Å². The molecule has 1 saturated heterocycles. The van der Waals surface area contributed by atoms with Crippen molar-refractivity contribution in [1.82, 2.24) is 9.29 Å². The van der Waals surface area contributed by atoms with Crippen molar-refractivity contribution >= 4 is 10.0 Å². The Bertz CT molecular complexity index is 543. The van der Waals surface area contributed by atoms with Crippen molar-refractivity contribution in [2.75, 3.05) is 13.1 Å². The lowest BCUT2D eigenvalue weighted by molar-refractivity contribution is 0.206. The Morgan fingerprint density at radius 1 is 1.42 bits per heavy atom. The Labute approximate surface area is 114 Å². The average molecular weight is 284 g/mol. The predicted molar refractivity (Wildman–Crippen MR) is 73.6 cm³/mol. The van der Waals surface area contributed by atoms with E-state index in [9.17, 15) is 8.42 Å². The van der Waals surface area contributed by atoms with Crippen molar-refractivity contribution in [2.45, 2.75) is 38.5 Å². The maximum Gasteiger partial charge on any atom is 0.216 e. The molecule has 0 amide bonds. The fourth-order valence-corrected chi connectivity index (χ4v) is 3.41. The number of ether oxygens (including phenoxy) is 1. The van der Waals surface area contributed by atoms with Gasteiger partial charge in [0.15, 0.2) is 0 Å². The zero-order valence-electron chi connectivity index (χ0n) is 11.5. The Morgan fingerprint density at radius 2 is 2.16 bits per heavy atom. The van der Waals surface area contributed by atoms with Gasteiger partial charge in [-0.3, -0.25) is 0 Å². The zero-order chi connectivity index (χ0) is 14.0. The Hall–Kier alpha value is -1.14. The third kappa shape index (κ3) is 3.25. The van der Waals surface area contributed by atoms with Crippen molar-refractivity contribution in [2.24, 2.45) is 0 Å². The van der Waals surface area contributed by atoms with Gasteiger partial charge < -0.3 is 4.74 Å². The topological polar surface area (TPSA) is 59.5 Å². The molecule has 1 fully saturated rings. The molecule has 1 aliphatic heterocycles. The number of rotatable bonds is 4. The minimum Gasteiger partial charge on any atom is -0.473 e. The van der Waals surface area contributed by atoms with Crippen LogP contribution in [0.25, 0.3) is 0 Å². The summed E-state index contributed by atoms with van der Waals surface area (Å²) in [6, 6.07) is 5.58. The molecule has 1 aromatic heterocycles. The van der Waals surface area contributed by atoms with E-state index in [0.717, 1.165) is 5.69 Å². The summed E-state index contributed by atoms with van der Waals surface area (Å²) in [4.78, 5) is 4.27. The van der Waals surface area contributed by atoms with E-state index in [1.165, 1.54) is 4.31 Å². The molecule has 6 heteroatoms. The van der Waals surface area contributed by atoms with Crippen molar-refractivity contribution in [3.8, 4) is 5.88 Å². The normalized spacial score (nSPS) is 20.9. The number of sulfonamides is 1. The molecule has 1 aromatic rings. The Kier molecular flexibility index (Phi) is 4.10. The van der Waals surface area contributed by atoms with Crippen LogP contribution in [0.3, 0.4) is 0 Å². The third-order valence-corrected chi connectivity index (χ3v) is 5.46. The van der Waals surface area contributed by atoms with Gasteiger partial charge in [0.2, 0.25) is 15.9 Å². The zero-order valence-corrected chi connectivity index (χ0v) is 12.4. The van der Waals surface area contributed by atoms with Gasteiger partial charge in [0.1, 0.15) is 6.10 Å². The number of hydrogen-bond acceptors (Lipinski definition) is 4. The highest BCUT2D eigenvalue weighted by Gasteiger charge is 2.34. The summed E-state index contributed by atoms with van der Waals surface area (Å²) in [5.41, 5.74) is 0.891. The highest BCUT2D eigenvalue weighted by Crippen LogP contribution is 2.21. The molecule has 106 valence electrons. The first-order chi connectivity index (χ1) is 8.89. The van der Waals surface area contributed by atoms with E-state index in [1.54, 1.807) is 19.9 Å². The summed E-state index contributed by atoms with van der Waals surface area (Å²) in [7, 11) is -3.18. The lowest BCUT2D eigenvalue weighted by atomic mass is 10.3. The number of pyridine rings is 1. The standard InChI is InChI=1S/C13H20N2O3S/c1-10(2)19(16,17)15-8-7-12(9-15)18-13-6-4-5-11(3)14-13/h4-6,10,12H,7-9H2,1-3H3. The number of hydrogen-bond donors (Lipinski definition) is 0. The SMILES string of the molecule is Cc1cccc(OC2CCN(S(=O)(=O)C(C)C)C2)n1. The maximum atomic E-state index is 12.0. The highest BCUT2D eigenvalue weighted by atomic mass is 32.2. The van der Waals surface area contributed by atoms with E-state index >= 15 is 0 Å². The molecule has 0 saturated carbocycles.